The Morgan fingerprint density at radius 3 is 2.52 bits per heavy atom. The predicted molar refractivity (Wildman–Crippen MR) is 92.9 cm³/mol. The molecule has 3 rings (SSSR count). The van der Waals surface area contributed by atoms with Crippen LogP contribution in [0, 0.1) is 6.92 Å². The standard InChI is InChI=1S/C18H17N3O4/c1-11-13(17(23)25-3)9-14-15(19-11)21(18(24)20(2)16(14)22)10-12-7-5-4-6-8-12/h4-9H,10H2,1-3H3. The van der Waals surface area contributed by atoms with E-state index in [2.05, 4.69) is 4.98 Å². The van der Waals surface area contributed by atoms with Crippen LogP contribution in [-0.2, 0) is 18.3 Å². The fourth-order valence-corrected chi connectivity index (χ4v) is 2.72. The second-order valence-electron chi connectivity index (χ2n) is 5.70. The molecule has 7 nitrogen and oxygen atoms in total. The zero-order valence-electron chi connectivity index (χ0n) is 14.1. The first-order chi connectivity index (χ1) is 11.9. The van der Waals surface area contributed by atoms with Crippen molar-refractivity contribution in [3.63, 3.8) is 0 Å². The third-order valence-electron chi connectivity index (χ3n) is 4.09. The number of ether oxygens (including phenoxy) is 1. The third kappa shape index (κ3) is 2.84. The molecule has 0 spiro atoms. The lowest BCUT2D eigenvalue weighted by atomic mass is 10.1. The summed E-state index contributed by atoms with van der Waals surface area (Å²) in [5.74, 6) is -0.574. The van der Waals surface area contributed by atoms with Gasteiger partial charge in [0.15, 0.2) is 0 Å². The maximum Gasteiger partial charge on any atom is 0.339 e. The van der Waals surface area contributed by atoms with Gasteiger partial charge in [-0.15, -0.1) is 0 Å². The van der Waals surface area contributed by atoms with Crippen LogP contribution in [-0.4, -0.2) is 27.2 Å². The molecule has 0 atom stereocenters. The highest BCUT2D eigenvalue weighted by Crippen LogP contribution is 2.14. The number of hydrogen-bond donors (Lipinski definition) is 0. The van der Waals surface area contributed by atoms with Crippen LogP contribution < -0.4 is 11.2 Å². The van der Waals surface area contributed by atoms with E-state index in [-0.39, 0.29) is 23.1 Å². The van der Waals surface area contributed by atoms with Gasteiger partial charge in [0, 0.05) is 7.05 Å². The Labute approximate surface area is 143 Å². The highest BCUT2D eigenvalue weighted by molar-refractivity contribution is 5.94. The summed E-state index contributed by atoms with van der Waals surface area (Å²) in [5.41, 5.74) is 0.801. The number of pyridine rings is 1. The van der Waals surface area contributed by atoms with Crippen LogP contribution in [0.15, 0.2) is 46.0 Å². The number of aromatic nitrogens is 3. The normalized spacial score (nSPS) is 10.8. The second-order valence-corrected chi connectivity index (χ2v) is 5.70. The summed E-state index contributed by atoms with van der Waals surface area (Å²) in [6.45, 7) is 1.91. The van der Waals surface area contributed by atoms with Crippen molar-refractivity contribution in [3.05, 3.63) is 74.1 Å². The quantitative estimate of drug-likeness (QED) is 0.671. The average Bonchev–Trinajstić information content (AvgIpc) is 2.63. The highest BCUT2D eigenvalue weighted by Gasteiger charge is 2.18. The van der Waals surface area contributed by atoms with Crippen LogP contribution >= 0.6 is 0 Å². The Bertz CT molecular complexity index is 1080. The summed E-state index contributed by atoms with van der Waals surface area (Å²) in [6.07, 6.45) is 0. The van der Waals surface area contributed by atoms with Gasteiger partial charge in [-0.1, -0.05) is 30.3 Å². The molecule has 0 saturated heterocycles. The van der Waals surface area contributed by atoms with Crippen LogP contribution in [0.25, 0.3) is 11.0 Å². The van der Waals surface area contributed by atoms with Gasteiger partial charge in [-0.05, 0) is 18.6 Å². The SMILES string of the molecule is COC(=O)c1cc2c(=O)n(C)c(=O)n(Cc3ccccc3)c2nc1C. The Hall–Kier alpha value is -3.22. The number of carbonyl (C=O) groups is 1. The van der Waals surface area contributed by atoms with E-state index in [4.69, 9.17) is 4.74 Å². The van der Waals surface area contributed by atoms with Gasteiger partial charge in [-0.2, -0.15) is 0 Å². The van der Waals surface area contributed by atoms with Crippen LogP contribution in [0.5, 0.6) is 0 Å². The zero-order valence-corrected chi connectivity index (χ0v) is 14.1. The van der Waals surface area contributed by atoms with Crippen molar-refractivity contribution in [3.8, 4) is 0 Å². The molecule has 0 aliphatic heterocycles. The summed E-state index contributed by atoms with van der Waals surface area (Å²) in [6, 6.07) is 10.8. The zero-order chi connectivity index (χ0) is 18.1. The van der Waals surface area contributed by atoms with Gasteiger partial charge in [0.25, 0.3) is 5.56 Å². The molecule has 0 aliphatic rings. The van der Waals surface area contributed by atoms with Crippen molar-refractivity contribution in [1.29, 1.82) is 0 Å². The first-order valence-electron chi connectivity index (χ1n) is 7.67. The molecule has 25 heavy (non-hydrogen) atoms. The number of aryl methyl sites for hydroxylation is 1. The van der Waals surface area contributed by atoms with Gasteiger partial charge in [0.2, 0.25) is 0 Å². The largest absolute Gasteiger partial charge is 0.465 e. The summed E-state index contributed by atoms with van der Waals surface area (Å²) in [7, 11) is 2.67. The molecule has 0 amide bonds. The average molecular weight is 339 g/mol. The fourth-order valence-electron chi connectivity index (χ4n) is 2.72. The summed E-state index contributed by atoms with van der Waals surface area (Å²) < 4.78 is 7.18. The number of benzene rings is 1. The second kappa shape index (κ2) is 6.35. The van der Waals surface area contributed by atoms with Crippen molar-refractivity contribution in [2.45, 2.75) is 13.5 Å². The van der Waals surface area contributed by atoms with Crippen LogP contribution in [0.4, 0.5) is 0 Å². The van der Waals surface area contributed by atoms with Gasteiger partial charge >= 0.3 is 11.7 Å². The molecular formula is C18H17N3O4. The minimum absolute atomic E-state index is 0.198. The molecule has 0 aliphatic carbocycles. The molecule has 0 bridgehead atoms. The minimum atomic E-state index is -0.574. The first-order valence-corrected chi connectivity index (χ1v) is 7.67. The molecular weight excluding hydrogens is 322 g/mol. The number of hydrogen-bond acceptors (Lipinski definition) is 5. The number of rotatable bonds is 3. The number of methoxy groups -OCH3 is 1. The van der Waals surface area contributed by atoms with Crippen LogP contribution in [0.2, 0.25) is 0 Å². The maximum absolute atomic E-state index is 12.6. The lowest BCUT2D eigenvalue weighted by molar-refractivity contribution is 0.0599. The van der Waals surface area contributed by atoms with E-state index in [1.54, 1.807) is 6.92 Å². The molecule has 0 fully saturated rings. The van der Waals surface area contributed by atoms with Crippen LogP contribution in [0.3, 0.4) is 0 Å². The summed E-state index contributed by atoms with van der Waals surface area (Å²) in [5, 5.41) is 0.198. The fraction of sp³-hybridized carbons (Fsp3) is 0.222. The molecule has 0 unspecified atom stereocenters. The topological polar surface area (TPSA) is 83.2 Å². The van der Waals surface area contributed by atoms with Crippen LogP contribution in [0.1, 0.15) is 21.6 Å². The van der Waals surface area contributed by atoms with Crippen molar-refractivity contribution >= 4 is 17.0 Å². The van der Waals surface area contributed by atoms with E-state index in [0.717, 1.165) is 10.1 Å². The molecule has 3 aromatic rings. The van der Waals surface area contributed by atoms with Gasteiger partial charge in [-0.3, -0.25) is 13.9 Å². The molecule has 0 saturated carbocycles. The molecule has 2 aromatic heterocycles. The number of esters is 1. The highest BCUT2D eigenvalue weighted by atomic mass is 16.5. The first kappa shape index (κ1) is 16.6. The van der Waals surface area contributed by atoms with E-state index in [9.17, 15) is 14.4 Å². The van der Waals surface area contributed by atoms with E-state index in [0.29, 0.717) is 5.69 Å². The Morgan fingerprint density at radius 2 is 1.88 bits per heavy atom. The van der Waals surface area contributed by atoms with Crippen molar-refractivity contribution in [2.24, 2.45) is 7.05 Å². The summed E-state index contributed by atoms with van der Waals surface area (Å²) in [4.78, 5) is 41.3. The lowest BCUT2D eigenvalue weighted by Crippen LogP contribution is -2.39. The Balaban J connectivity index is 2.33. The van der Waals surface area contributed by atoms with Crippen molar-refractivity contribution in [2.75, 3.05) is 7.11 Å². The van der Waals surface area contributed by atoms with E-state index >= 15 is 0 Å². The molecule has 7 heteroatoms. The van der Waals surface area contributed by atoms with Crippen molar-refractivity contribution in [1.82, 2.24) is 14.1 Å². The van der Waals surface area contributed by atoms with E-state index in [1.165, 1.54) is 24.8 Å². The number of fused-ring (bicyclic) bond motifs is 1. The van der Waals surface area contributed by atoms with E-state index < -0.39 is 17.2 Å². The number of nitrogens with zero attached hydrogens (tertiary/aromatic N) is 3. The van der Waals surface area contributed by atoms with Gasteiger partial charge in [-0.25, -0.2) is 14.6 Å². The molecule has 0 N–H and O–H groups in total. The number of carbonyl (C=O) groups excluding carboxylic acids is 1. The van der Waals surface area contributed by atoms with Crippen molar-refractivity contribution < 1.29 is 9.53 Å². The minimum Gasteiger partial charge on any atom is -0.465 e. The molecule has 0 radical (unpaired) electrons. The Kier molecular flexibility index (Phi) is 4.22. The van der Waals surface area contributed by atoms with Gasteiger partial charge in [0.05, 0.1) is 30.3 Å². The Morgan fingerprint density at radius 1 is 1.20 bits per heavy atom. The van der Waals surface area contributed by atoms with Gasteiger partial charge in [0.1, 0.15) is 5.65 Å². The van der Waals surface area contributed by atoms with E-state index in [1.807, 2.05) is 30.3 Å². The maximum atomic E-state index is 12.6. The monoisotopic (exact) mass is 339 g/mol. The molecule has 128 valence electrons. The van der Waals surface area contributed by atoms with Gasteiger partial charge < -0.3 is 4.74 Å². The predicted octanol–water partition coefficient (Wildman–Crippen LogP) is 1.24. The molecule has 2 heterocycles. The lowest BCUT2D eigenvalue weighted by Gasteiger charge is -2.13. The summed E-state index contributed by atoms with van der Waals surface area (Å²) >= 11 is 0. The third-order valence-corrected chi connectivity index (χ3v) is 4.09. The smallest absolute Gasteiger partial charge is 0.339 e. The molecule has 1 aromatic carbocycles.